The van der Waals surface area contributed by atoms with Crippen molar-refractivity contribution in [2.24, 2.45) is 0 Å². The van der Waals surface area contributed by atoms with Crippen molar-refractivity contribution >= 4 is 21.4 Å². The Hall–Kier alpha value is -2.08. The zero-order chi connectivity index (χ0) is 14.8. The van der Waals surface area contributed by atoms with Crippen molar-refractivity contribution in [1.82, 2.24) is 4.98 Å². The molecule has 0 aliphatic carbocycles. The van der Waals surface area contributed by atoms with Gasteiger partial charge >= 0.3 is 0 Å². The quantitative estimate of drug-likeness (QED) is 0.847. The number of benzene rings is 1. The summed E-state index contributed by atoms with van der Waals surface area (Å²) in [5, 5.41) is 0. The third-order valence-corrected chi connectivity index (χ3v) is 4.37. The number of hydrogen-bond donors (Lipinski definition) is 2. The Bertz CT molecular complexity index is 727. The lowest BCUT2D eigenvalue weighted by molar-refractivity contribution is 0.600. The molecule has 0 aliphatic rings. The van der Waals surface area contributed by atoms with E-state index in [0.717, 1.165) is 11.3 Å². The number of nitrogens with zero attached hydrogens (tertiary/aromatic N) is 1. The molecule has 1 heterocycles. The summed E-state index contributed by atoms with van der Waals surface area (Å²) < 4.78 is 27.5. The molecule has 0 saturated carbocycles. The summed E-state index contributed by atoms with van der Waals surface area (Å²) in [6.07, 6.45) is 2.18. The lowest BCUT2D eigenvalue weighted by atomic mass is 10.1. The third-order valence-electron chi connectivity index (χ3n) is 2.91. The highest BCUT2D eigenvalue weighted by Gasteiger charge is 2.18. The van der Waals surface area contributed by atoms with Gasteiger partial charge < -0.3 is 5.73 Å². The van der Waals surface area contributed by atoms with E-state index in [2.05, 4.69) is 9.71 Å². The maximum absolute atomic E-state index is 12.5. The molecule has 0 saturated heterocycles. The van der Waals surface area contributed by atoms with Gasteiger partial charge in [0.2, 0.25) is 0 Å². The Balaban J connectivity index is 2.43. The summed E-state index contributed by atoms with van der Waals surface area (Å²) >= 11 is 0. The van der Waals surface area contributed by atoms with Crippen LogP contribution in [0.25, 0.3) is 0 Å². The maximum atomic E-state index is 12.5. The van der Waals surface area contributed by atoms with Crippen molar-refractivity contribution < 1.29 is 8.42 Å². The van der Waals surface area contributed by atoms with Crippen LogP contribution < -0.4 is 10.5 Å². The number of anilines is 2. The van der Waals surface area contributed by atoms with Gasteiger partial charge in [0.05, 0.1) is 10.6 Å². The summed E-state index contributed by atoms with van der Waals surface area (Å²) in [5.41, 5.74) is 8.08. The van der Waals surface area contributed by atoms with E-state index in [1.165, 1.54) is 6.07 Å². The van der Waals surface area contributed by atoms with Gasteiger partial charge in [0, 0.05) is 17.6 Å². The topological polar surface area (TPSA) is 85.1 Å². The van der Waals surface area contributed by atoms with Crippen molar-refractivity contribution in [3.05, 3.63) is 47.8 Å². The number of nitrogens with one attached hydrogen (secondary N) is 1. The number of nitrogens with two attached hydrogens (primary N) is 1. The van der Waals surface area contributed by atoms with E-state index in [1.54, 1.807) is 37.4 Å². The highest BCUT2D eigenvalue weighted by atomic mass is 32.2. The van der Waals surface area contributed by atoms with Crippen molar-refractivity contribution in [3.8, 4) is 0 Å². The van der Waals surface area contributed by atoms with Gasteiger partial charge in [-0.2, -0.15) is 0 Å². The van der Waals surface area contributed by atoms with Gasteiger partial charge in [-0.3, -0.25) is 9.71 Å². The van der Waals surface area contributed by atoms with E-state index >= 15 is 0 Å². The van der Waals surface area contributed by atoms with E-state index in [9.17, 15) is 8.42 Å². The molecular formula is C14H17N3O2S. The Labute approximate surface area is 118 Å². The second-order valence-corrected chi connectivity index (χ2v) is 6.16. The number of rotatable bonds is 4. The van der Waals surface area contributed by atoms with Gasteiger partial charge in [0.15, 0.2) is 0 Å². The maximum Gasteiger partial charge on any atom is 0.262 e. The largest absolute Gasteiger partial charge is 0.399 e. The minimum atomic E-state index is -3.65. The Morgan fingerprint density at radius 3 is 2.65 bits per heavy atom. The Morgan fingerprint density at radius 2 is 2.00 bits per heavy atom. The standard InChI is InChI=1S/C14H17N3O2S/c1-3-11-4-5-12(15)9-14(11)20(18,19)17-13-6-7-16-10(2)8-13/h4-9H,3,15H2,1-2H3,(H,16,17). The van der Waals surface area contributed by atoms with Crippen LogP contribution >= 0.6 is 0 Å². The first-order chi connectivity index (χ1) is 9.42. The van der Waals surface area contributed by atoms with Gasteiger partial charge in [-0.15, -0.1) is 0 Å². The van der Waals surface area contributed by atoms with Crippen LogP contribution in [0.1, 0.15) is 18.2 Å². The van der Waals surface area contributed by atoms with Gasteiger partial charge in [0.25, 0.3) is 10.0 Å². The first-order valence-electron chi connectivity index (χ1n) is 6.26. The molecule has 106 valence electrons. The van der Waals surface area contributed by atoms with E-state index in [1.807, 2.05) is 6.92 Å². The molecule has 0 aliphatic heterocycles. The predicted octanol–water partition coefficient (Wildman–Crippen LogP) is 2.34. The van der Waals surface area contributed by atoms with Crippen LogP contribution in [-0.4, -0.2) is 13.4 Å². The molecule has 0 spiro atoms. The van der Waals surface area contributed by atoms with Gasteiger partial charge in [-0.25, -0.2) is 8.42 Å². The second kappa shape index (κ2) is 5.50. The number of aryl methyl sites for hydroxylation is 2. The summed E-state index contributed by atoms with van der Waals surface area (Å²) in [4.78, 5) is 4.25. The second-order valence-electron chi connectivity index (χ2n) is 4.51. The first-order valence-corrected chi connectivity index (χ1v) is 7.74. The van der Waals surface area contributed by atoms with Gasteiger partial charge in [-0.05, 0) is 43.2 Å². The van der Waals surface area contributed by atoms with E-state index in [-0.39, 0.29) is 4.90 Å². The van der Waals surface area contributed by atoms with Crippen LogP contribution in [0, 0.1) is 6.92 Å². The zero-order valence-corrected chi connectivity index (χ0v) is 12.2. The Kier molecular flexibility index (Phi) is 3.94. The number of nitrogen functional groups attached to an aromatic ring is 1. The fraction of sp³-hybridized carbons (Fsp3) is 0.214. The predicted molar refractivity (Wildman–Crippen MR) is 80.0 cm³/mol. The minimum absolute atomic E-state index is 0.217. The Morgan fingerprint density at radius 1 is 1.25 bits per heavy atom. The molecule has 5 nitrogen and oxygen atoms in total. The summed E-state index contributed by atoms with van der Waals surface area (Å²) in [6, 6.07) is 8.21. The molecule has 0 atom stereocenters. The summed E-state index contributed by atoms with van der Waals surface area (Å²) in [5.74, 6) is 0. The molecule has 0 amide bonds. The normalized spacial score (nSPS) is 11.3. The molecule has 1 aromatic heterocycles. The fourth-order valence-corrected chi connectivity index (χ4v) is 3.33. The van der Waals surface area contributed by atoms with Crippen LogP contribution in [0.3, 0.4) is 0 Å². The smallest absolute Gasteiger partial charge is 0.262 e. The summed E-state index contributed by atoms with van der Waals surface area (Å²) in [6.45, 7) is 3.71. The third kappa shape index (κ3) is 3.08. The van der Waals surface area contributed by atoms with Crippen LogP contribution in [0.2, 0.25) is 0 Å². The van der Waals surface area contributed by atoms with Crippen LogP contribution in [0.5, 0.6) is 0 Å². The number of aromatic nitrogens is 1. The van der Waals surface area contributed by atoms with Crippen LogP contribution in [0.15, 0.2) is 41.4 Å². The number of sulfonamides is 1. The van der Waals surface area contributed by atoms with Gasteiger partial charge in [0.1, 0.15) is 0 Å². The molecule has 3 N–H and O–H groups in total. The fourth-order valence-electron chi connectivity index (χ4n) is 1.93. The van der Waals surface area contributed by atoms with Crippen molar-refractivity contribution in [3.63, 3.8) is 0 Å². The van der Waals surface area contributed by atoms with E-state index in [0.29, 0.717) is 17.8 Å². The van der Waals surface area contributed by atoms with Crippen LogP contribution in [0.4, 0.5) is 11.4 Å². The summed E-state index contributed by atoms with van der Waals surface area (Å²) in [7, 11) is -3.65. The number of pyridine rings is 1. The van der Waals surface area contributed by atoms with Crippen molar-refractivity contribution in [1.29, 1.82) is 0 Å². The van der Waals surface area contributed by atoms with Crippen molar-refractivity contribution in [2.45, 2.75) is 25.2 Å². The average Bonchev–Trinajstić information content (AvgIpc) is 2.38. The average molecular weight is 291 g/mol. The minimum Gasteiger partial charge on any atom is -0.399 e. The highest BCUT2D eigenvalue weighted by Crippen LogP contribution is 2.22. The SMILES string of the molecule is CCc1ccc(N)cc1S(=O)(=O)Nc1ccnc(C)c1. The highest BCUT2D eigenvalue weighted by molar-refractivity contribution is 7.92. The van der Waals surface area contributed by atoms with E-state index in [4.69, 9.17) is 5.73 Å². The van der Waals surface area contributed by atoms with E-state index < -0.39 is 10.0 Å². The molecule has 0 fully saturated rings. The molecule has 20 heavy (non-hydrogen) atoms. The monoisotopic (exact) mass is 291 g/mol. The molecule has 2 rings (SSSR count). The lowest BCUT2D eigenvalue weighted by Crippen LogP contribution is -2.15. The van der Waals surface area contributed by atoms with Crippen molar-refractivity contribution in [2.75, 3.05) is 10.5 Å². The molecule has 1 aromatic carbocycles. The molecular weight excluding hydrogens is 274 g/mol. The molecule has 0 bridgehead atoms. The molecule has 0 unspecified atom stereocenters. The first kappa shape index (κ1) is 14.3. The lowest BCUT2D eigenvalue weighted by Gasteiger charge is -2.12. The number of hydrogen-bond acceptors (Lipinski definition) is 4. The molecule has 2 aromatic rings. The zero-order valence-electron chi connectivity index (χ0n) is 11.4. The van der Waals surface area contributed by atoms with Crippen LogP contribution in [-0.2, 0) is 16.4 Å². The molecule has 0 radical (unpaired) electrons. The van der Waals surface area contributed by atoms with Gasteiger partial charge in [-0.1, -0.05) is 13.0 Å². The molecule has 6 heteroatoms.